The van der Waals surface area contributed by atoms with Gasteiger partial charge in [0.15, 0.2) is 0 Å². The Hall–Kier alpha value is -3.18. The fourth-order valence-corrected chi connectivity index (χ4v) is 7.02. The molecule has 4 aromatic rings. The van der Waals surface area contributed by atoms with Crippen molar-refractivity contribution < 1.29 is 16.8 Å². The maximum Gasteiger partial charge on any atom is 0.241 e. The standard InChI is InChI=1S/C27H32N4O4S2/c1-30(2)24-14-5-12-22-20(24)10-7-16-26(22)36(32,33)28-18-9-19-29-37(34,35)27-17-8-11-21-23(27)13-6-15-25(21)31(3)4/h5-8,10-17,28-29H,9,18-19H2,1-4H3. The van der Waals surface area contributed by atoms with E-state index in [-0.39, 0.29) is 22.9 Å². The molecule has 0 aliphatic heterocycles. The van der Waals surface area contributed by atoms with E-state index in [4.69, 9.17) is 0 Å². The van der Waals surface area contributed by atoms with Gasteiger partial charge in [-0.1, -0.05) is 48.5 Å². The van der Waals surface area contributed by atoms with E-state index >= 15 is 0 Å². The van der Waals surface area contributed by atoms with Crippen LogP contribution in [-0.2, 0) is 20.0 Å². The number of hydrogen-bond donors (Lipinski definition) is 2. The normalized spacial score (nSPS) is 12.2. The van der Waals surface area contributed by atoms with Crippen molar-refractivity contribution in [2.75, 3.05) is 51.1 Å². The smallest absolute Gasteiger partial charge is 0.241 e. The van der Waals surface area contributed by atoms with Crippen LogP contribution in [0.3, 0.4) is 0 Å². The monoisotopic (exact) mass is 540 g/mol. The summed E-state index contributed by atoms with van der Waals surface area (Å²) in [6.07, 6.45) is 0.292. The van der Waals surface area contributed by atoms with Crippen molar-refractivity contribution in [2.24, 2.45) is 0 Å². The van der Waals surface area contributed by atoms with E-state index in [0.717, 1.165) is 22.1 Å². The highest BCUT2D eigenvalue weighted by Crippen LogP contribution is 2.31. The molecule has 2 N–H and O–H groups in total. The van der Waals surface area contributed by atoms with Gasteiger partial charge in [0, 0.05) is 74.2 Å². The topological polar surface area (TPSA) is 98.8 Å². The van der Waals surface area contributed by atoms with Gasteiger partial charge in [-0.15, -0.1) is 0 Å². The third-order valence-electron chi connectivity index (χ3n) is 6.20. The maximum atomic E-state index is 13.1. The highest BCUT2D eigenvalue weighted by atomic mass is 32.2. The van der Waals surface area contributed by atoms with Gasteiger partial charge in [-0.3, -0.25) is 0 Å². The van der Waals surface area contributed by atoms with Crippen LogP contribution >= 0.6 is 0 Å². The molecule has 0 bridgehead atoms. The maximum absolute atomic E-state index is 13.1. The van der Waals surface area contributed by atoms with Crippen molar-refractivity contribution in [1.29, 1.82) is 0 Å². The third-order valence-corrected chi connectivity index (χ3v) is 9.24. The van der Waals surface area contributed by atoms with Gasteiger partial charge in [-0.25, -0.2) is 26.3 Å². The van der Waals surface area contributed by atoms with E-state index in [9.17, 15) is 16.8 Å². The minimum Gasteiger partial charge on any atom is -0.377 e. The molecule has 0 fully saturated rings. The number of nitrogens with one attached hydrogen (secondary N) is 2. The summed E-state index contributed by atoms with van der Waals surface area (Å²) in [4.78, 5) is 4.27. The lowest BCUT2D eigenvalue weighted by atomic mass is 10.1. The van der Waals surface area contributed by atoms with Crippen molar-refractivity contribution in [1.82, 2.24) is 9.44 Å². The number of nitrogens with zero attached hydrogens (tertiary/aromatic N) is 2. The minimum absolute atomic E-state index is 0.0922. The van der Waals surface area contributed by atoms with Crippen LogP contribution in [0.4, 0.5) is 11.4 Å². The fraction of sp³-hybridized carbons (Fsp3) is 0.259. The molecule has 4 rings (SSSR count). The molecule has 0 aliphatic carbocycles. The van der Waals surface area contributed by atoms with Crippen LogP contribution in [0, 0.1) is 0 Å². The van der Waals surface area contributed by atoms with Gasteiger partial charge in [0.25, 0.3) is 0 Å². The first-order valence-corrected chi connectivity index (χ1v) is 14.9. The van der Waals surface area contributed by atoms with Crippen molar-refractivity contribution >= 4 is 53.0 Å². The number of anilines is 2. The molecule has 0 spiro atoms. The zero-order valence-electron chi connectivity index (χ0n) is 21.4. The predicted molar refractivity (Wildman–Crippen MR) is 152 cm³/mol. The molecule has 0 amide bonds. The molecule has 0 saturated carbocycles. The second-order valence-corrected chi connectivity index (χ2v) is 12.7. The molecular formula is C27H32N4O4S2. The summed E-state index contributed by atoms with van der Waals surface area (Å²) in [5.41, 5.74) is 1.85. The molecule has 196 valence electrons. The summed E-state index contributed by atoms with van der Waals surface area (Å²) in [6, 6.07) is 21.5. The first-order valence-electron chi connectivity index (χ1n) is 11.9. The summed E-state index contributed by atoms with van der Waals surface area (Å²) < 4.78 is 57.5. The number of sulfonamides is 2. The molecule has 0 saturated heterocycles. The van der Waals surface area contributed by atoms with Crippen LogP contribution in [-0.4, -0.2) is 58.1 Å². The SMILES string of the molecule is CN(C)c1cccc2c(S(=O)(=O)NCCCNS(=O)(=O)c3cccc4c(N(C)C)cccc34)cccc12. The molecule has 0 radical (unpaired) electrons. The molecule has 0 unspecified atom stereocenters. The van der Waals surface area contributed by atoms with Crippen LogP contribution in [0.15, 0.2) is 82.6 Å². The number of hydrogen-bond acceptors (Lipinski definition) is 6. The van der Waals surface area contributed by atoms with Gasteiger partial charge in [-0.05, 0) is 30.7 Å². The van der Waals surface area contributed by atoms with Gasteiger partial charge in [0.1, 0.15) is 0 Å². The zero-order chi connectivity index (χ0) is 26.8. The lowest BCUT2D eigenvalue weighted by Gasteiger charge is -2.17. The molecule has 0 aliphatic rings. The number of rotatable bonds is 10. The van der Waals surface area contributed by atoms with Crippen LogP contribution in [0.2, 0.25) is 0 Å². The largest absolute Gasteiger partial charge is 0.377 e. The van der Waals surface area contributed by atoms with E-state index < -0.39 is 20.0 Å². The Kier molecular flexibility index (Phi) is 7.75. The quantitative estimate of drug-likeness (QED) is 0.297. The Balaban J connectivity index is 1.44. The molecule has 8 nitrogen and oxygen atoms in total. The fourth-order valence-electron chi connectivity index (χ4n) is 4.43. The van der Waals surface area contributed by atoms with E-state index in [1.54, 1.807) is 36.4 Å². The van der Waals surface area contributed by atoms with Gasteiger partial charge in [0.05, 0.1) is 9.79 Å². The van der Waals surface area contributed by atoms with Crippen LogP contribution in [0.1, 0.15) is 6.42 Å². The van der Waals surface area contributed by atoms with E-state index in [0.29, 0.717) is 17.2 Å². The third kappa shape index (κ3) is 5.57. The van der Waals surface area contributed by atoms with Crippen molar-refractivity contribution in [2.45, 2.75) is 16.2 Å². The van der Waals surface area contributed by atoms with Crippen molar-refractivity contribution in [3.8, 4) is 0 Å². The first kappa shape index (κ1) is 26.9. The Bertz CT molecular complexity index is 1530. The predicted octanol–water partition coefficient (Wildman–Crippen LogP) is 3.77. The van der Waals surface area contributed by atoms with Gasteiger partial charge < -0.3 is 9.80 Å². The number of fused-ring (bicyclic) bond motifs is 2. The van der Waals surface area contributed by atoms with Crippen LogP contribution in [0.25, 0.3) is 21.5 Å². The summed E-state index contributed by atoms with van der Waals surface area (Å²) in [5.74, 6) is 0. The molecule has 37 heavy (non-hydrogen) atoms. The average Bonchev–Trinajstić information content (AvgIpc) is 2.86. The lowest BCUT2D eigenvalue weighted by Crippen LogP contribution is -2.30. The Morgan fingerprint density at radius 2 is 0.892 bits per heavy atom. The summed E-state index contributed by atoms with van der Waals surface area (Å²) in [5, 5.41) is 2.95. The highest BCUT2D eigenvalue weighted by Gasteiger charge is 2.20. The molecule has 0 heterocycles. The first-order chi connectivity index (χ1) is 17.5. The molecule has 0 aromatic heterocycles. The lowest BCUT2D eigenvalue weighted by molar-refractivity contribution is 0.573. The Labute approximate surface area is 219 Å². The average molecular weight is 541 g/mol. The molecule has 0 atom stereocenters. The van der Waals surface area contributed by atoms with E-state index in [2.05, 4.69) is 9.44 Å². The summed E-state index contributed by atoms with van der Waals surface area (Å²) in [7, 11) is 0.0663. The van der Waals surface area contributed by atoms with Crippen LogP contribution in [0.5, 0.6) is 0 Å². The number of benzene rings is 4. The second kappa shape index (κ2) is 10.7. The van der Waals surface area contributed by atoms with E-state index in [1.165, 1.54) is 0 Å². The van der Waals surface area contributed by atoms with Crippen molar-refractivity contribution in [3.63, 3.8) is 0 Å². The Morgan fingerprint density at radius 3 is 1.27 bits per heavy atom. The molecule has 4 aromatic carbocycles. The highest BCUT2D eigenvalue weighted by molar-refractivity contribution is 7.90. The van der Waals surface area contributed by atoms with Crippen molar-refractivity contribution in [3.05, 3.63) is 72.8 Å². The Morgan fingerprint density at radius 1 is 0.541 bits per heavy atom. The van der Waals surface area contributed by atoms with Gasteiger partial charge in [0.2, 0.25) is 20.0 Å². The summed E-state index contributed by atoms with van der Waals surface area (Å²) >= 11 is 0. The minimum atomic E-state index is -3.79. The summed E-state index contributed by atoms with van der Waals surface area (Å²) in [6.45, 7) is 0.184. The molecule has 10 heteroatoms. The second-order valence-electron chi connectivity index (χ2n) is 9.19. The van der Waals surface area contributed by atoms with E-state index in [1.807, 2.05) is 74.4 Å². The van der Waals surface area contributed by atoms with Crippen LogP contribution < -0.4 is 19.2 Å². The van der Waals surface area contributed by atoms with Gasteiger partial charge >= 0.3 is 0 Å². The zero-order valence-corrected chi connectivity index (χ0v) is 23.0. The van der Waals surface area contributed by atoms with Gasteiger partial charge in [-0.2, -0.15) is 0 Å². The molecular weight excluding hydrogens is 508 g/mol.